The van der Waals surface area contributed by atoms with E-state index >= 15 is 0 Å². The monoisotopic (exact) mass is 243 g/mol. The Hall–Kier alpha value is -1.54. The van der Waals surface area contributed by atoms with Crippen LogP contribution in [0.1, 0.15) is 33.8 Å². The summed E-state index contributed by atoms with van der Waals surface area (Å²) in [5.74, 6) is 2.00. The van der Waals surface area contributed by atoms with Crippen LogP contribution in [-0.2, 0) is 12.8 Å². The van der Waals surface area contributed by atoms with Crippen molar-refractivity contribution >= 4 is 0 Å². The van der Waals surface area contributed by atoms with Gasteiger partial charge in [-0.2, -0.15) is 0 Å². The predicted molar refractivity (Wildman–Crippen MR) is 74.9 cm³/mol. The van der Waals surface area contributed by atoms with Crippen LogP contribution >= 0.6 is 0 Å². The number of aryl methyl sites for hydroxylation is 3. The van der Waals surface area contributed by atoms with Crippen LogP contribution in [0.5, 0.6) is 0 Å². The largest absolute Gasteiger partial charge is 0.466 e. The van der Waals surface area contributed by atoms with Crippen molar-refractivity contribution in [2.75, 3.05) is 6.54 Å². The zero-order chi connectivity index (χ0) is 13.1. The summed E-state index contributed by atoms with van der Waals surface area (Å²) in [7, 11) is 0. The Balaban J connectivity index is 2.20. The van der Waals surface area contributed by atoms with Crippen LogP contribution in [0.25, 0.3) is 0 Å². The number of hydrogen-bond acceptors (Lipinski definition) is 2. The van der Waals surface area contributed by atoms with Gasteiger partial charge in [0.15, 0.2) is 0 Å². The fraction of sp³-hybridized carbons (Fsp3) is 0.375. The topological polar surface area (TPSA) is 39.2 Å². The summed E-state index contributed by atoms with van der Waals surface area (Å²) >= 11 is 0. The molecule has 96 valence electrons. The minimum atomic E-state index is 0.635. The van der Waals surface area contributed by atoms with Gasteiger partial charge in [-0.15, -0.1) is 0 Å². The van der Waals surface area contributed by atoms with Gasteiger partial charge in [-0.25, -0.2) is 0 Å². The van der Waals surface area contributed by atoms with E-state index in [-0.39, 0.29) is 0 Å². The summed E-state index contributed by atoms with van der Waals surface area (Å²) in [5.41, 5.74) is 10.9. The van der Waals surface area contributed by atoms with E-state index in [9.17, 15) is 0 Å². The number of rotatable bonds is 4. The molecule has 2 aromatic rings. The van der Waals surface area contributed by atoms with Gasteiger partial charge in [-0.3, -0.25) is 0 Å². The van der Waals surface area contributed by atoms with E-state index in [2.05, 4.69) is 39.0 Å². The number of hydrogen-bond donors (Lipinski definition) is 1. The minimum Gasteiger partial charge on any atom is -0.466 e. The van der Waals surface area contributed by atoms with Crippen molar-refractivity contribution in [1.29, 1.82) is 0 Å². The Morgan fingerprint density at radius 3 is 2.33 bits per heavy atom. The molecule has 0 bridgehead atoms. The molecule has 0 atom stereocenters. The molecule has 2 nitrogen and oxygen atoms in total. The van der Waals surface area contributed by atoms with Crippen molar-refractivity contribution in [3.8, 4) is 0 Å². The smallest absolute Gasteiger partial charge is 0.108 e. The van der Waals surface area contributed by atoms with Crippen molar-refractivity contribution < 1.29 is 4.42 Å². The lowest BCUT2D eigenvalue weighted by molar-refractivity contribution is 0.474. The highest BCUT2D eigenvalue weighted by molar-refractivity contribution is 5.38. The summed E-state index contributed by atoms with van der Waals surface area (Å²) in [4.78, 5) is 0. The van der Waals surface area contributed by atoms with Gasteiger partial charge < -0.3 is 10.2 Å². The first-order valence-corrected chi connectivity index (χ1v) is 6.44. The molecule has 2 N–H and O–H groups in total. The molecule has 0 unspecified atom stereocenters. The van der Waals surface area contributed by atoms with Crippen LogP contribution in [0.4, 0.5) is 0 Å². The maximum absolute atomic E-state index is 5.77. The molecule has 0 fully saturated rings. The van der Waals surface area contributed by atoms with Gasteiger partial charge in [0.25, 0.3) is 0 Å². The van der Waals surface area contributed by atoms with E-state index in [0.29, 0.717) is 6.54 Å². The minimum absolute atomic E-state index is 0.635. The number of nitrogens with two attached hydrogens (primary N) is 1. The molecular formula is C16H21NO. The quantitative estimate of drug-likeness (QED) is 0.895. The van der Waals surface area contributed by atoms with E-state index in [1.54, 1.807) is 0 Å². The van der Waals surface area contributed by atoms with Gasteiger partial charge in [0.1, 0.15) is 11.5 Å². The average molecular weight is 243 g/mol. The van der Waals surface area contributed by atoms with Crippen LogP contribution in [0, 0.1) is 20.8 Å². The highest BCUT2D eigenvalue weighted by Gasteiger charge is 2.06. The zero-order valence-electron chi connectivity index (χ0n) is 11.4. The van der Waals surface area contributed by atoms with Crippen LogP contribution in [0.15, 0.2) is 28.7 Å². The van der Waals surface area contributed by atoms with Crippen molar-refractivity contribution in [2.45, 2.75) is 33.6 Å². The highest BCUT2D eigenvalue weighted by atomic mass is 16.3. The van der Waals surface area contributed by atoms with Gasteiger partial charge in [0, 0.05) is 12.8 Å². The first kappa shape index (κ1) is 12.9. The molecule has 1 heterocycles. The highest BCUT2D eigenvalue weighted by Crippen LogP contribution is 2.20. The van der Waals surface area contributed by atoms with Crippen LogP contribution in [0.2, 0.25) is 0 Å². The fourth-order valence-corrected chi connectivity index (χ4v) is 2.19. The van der Waals surface area contributed by atoms with Crippen LogP contribution in [0.3, 0.4) is 0 Å². The Morgan fingerprint density at radius 2 is 1.61 bits per heavy atom. The van der Waals surface area contributed by atoms with Crippen molar-refractivity contribution in [3.63, 3.8) is 0 Å². The molecule has 2 rings (SSSR count). The maximum atomic E-state index is 5.77. The predicted octanol–water partition coefficient (Wildman–Crippen LogP) is 3.30. The second-order valence-corrected chi connectivity index (χ2v) is 4.95. The third kappa shape index (κ3) is 2.82. The van der Waals surface area contributed by atoms with Gasteiger partial charge in [0.05, 0.1) is 0 Å². The molecule has 2 heteroatoms. The second kappa shape index (κ2) is 5.40. The molecule has 0 aliphatic rings. The van der Waals surface area contributed by atoms with Gasteiger partial charge in [-0.05, 0) is 61.7 Å². The molecule has 18 heavy (non-hydrogen) atoms. The lowest BCUT2D eigenvalue weighted by Crippen LogP contribution is -2.01. The van der Waals surface area contributed by atoms with Gasteiger partial charge in [0.2, 0.25) is 0 Å². The molecule has 0 aliphatic heterocycles. The molecule has 0 radical (unpaired) electrons. The molecule has 1 aromatic carbocycles. The maximum Gasteiger partial charge on any atom is 0.108 e. The molecule has 0 amide bonds. The van der Waals surface area contributed by atoms with E-state index in [1.165, 1.54) is 22.3 Å². The lowest BCUT2D eigenvalue weighted by atomic mass is 9.98. The van der Waals surface area contributed by atoms with E-state index in [0.717, 1.165) is 24.4 Å². The van der Waals surface area contributed by atoms with Crippen molar-refractivity contribution in [2.24, 2.45) is 5.73 Å². The van der Waals surface area contributed by atoms with E-state index in [4.69, 9.17) is 10.2 Å². The SMILES string of the molecule is Cc1cc(C)c(Cc2ccc(CCN)o2)cc1C. The van der Waals surface area contributed by atoms with Crippen LogP contribution in [-0.4, -0.2) is 6.54 Å². The summed E-state index contributed by atoms with van der Waals surface area (Å²) in [6.45, 7) is 7.10. The van der Waals surface area contributed by atoms with Gasteiger partial charge >= 0.3 is 0 Å². The molecule has 0 saturated carbocycles. The second-order valence-electron chi connectivity index (χ2n) is 4.95. The molecule has 0 aliphatic carbocycles. The van der Waals surface area contributed by atoms with Crippen LogP contribution < -0.4 is 5.73 Å². The third-order valence-electron chi connectivity index (χ3n) is 3.42. The van der Waals surface area contributed by atoms with Crippen molar-refractivity contribution in [1.82, 2.24) is 0 Å². The summed E-state index contributed by atoms with van der Waals surface area (Å²) in [6, 6.07) is 8.59. The first-order valence-electron chi connectivity index (χ1n) is 6.44. The first-order chi connectivity index (χ1) is 8.60. The van der Waals surface area contributed by atoms with Crippen molar-refractivity contribution in [3.05, 3.63) is 58.0 Å². The lowest BCUT2D eigenvalue weighted by Gasteiger charge is -2.08. The molecule has 1 aromatic heterocycles. The zero-order valence-corrected chi connectivity index (χ0v) is 11.4. The van der Waals surface area contributed by atoms with E-state index in [1.807, 2.05) is 6.07 Å². The Kier molecular flexibility index (Phi) is 3.87. The van der Waals surface area contributed by atoms with Gasteiger partial charge in [-0.1, -0.05) is 12.1 Å². The number of furan rings is 1. The Morgan fingerprint density at radius 1 is 0.944 bits per heavy atom. The average Bonchev–Trinajstić information content (AvgIpc) is 2.74. The summed E-state index contributed by atoms with van der Waals surface area (Å²) in [6.07, 6.45) is 1.67. The molecule has 0 saturated heterocycles. The van der Waals surface area contributed by atoms with E-state index < -0.39 is 0 Å². The summed E-state index contributed by atoms with van der Waals surface area (Å²) < 4.78 is 5.77. The standard InChI is InChI=1S/C16H21NO/c1-11-8-13(3)14(9-12(11)2)10-16-5-4-15(18-16)6-7-17/h4-5,8-9H,6-7,10,17H2,1-3H3. The molecular weight excluding hydrogens is 222 g/mol. The Bertz CT molecular complexity index is 540. The third-order valence-corrected chi connectivity index (χ3v) is 3.42. The molecule has 0 spiro atoms. The Labute approximate surface area is 109 Å². The normalized spacial score (nSPS) is 10.9. The fourth-order valence-electron chi connectivity index (χ4n) is 2.19. The number of benzene rings is 1. The summed E-state index contributed by atoms with van der Waals surface area (Å²) in [5, 5.41) is 0.